The fraction of sp³-hybridized carbons (Fsp3) is 0.600. The van der Waals surface area contributed by atoms with Gasteiger partial charge in [0.15, 0.2) is 11.5 Å². The van der Waals surface area contributed by atoms with E-state index >= 15 is 0 Å². The van der Waals surface area contributed by atoms with Crippen LogP contribution in [0.5, 0.6) is 11.5 Å². The molecule has 1 aliphatic carbocycles. The van der Waals surface area contributed by atoms with Gasteiger partial charge in [0.25, 0.3) is 0 Å². The van der Waals surface area contributed by atoms with Gasteiger partial charge in [-0.2, -0.15) is 0 Å². The molecule has 1 aliphatic rings. The lowest BCUT2D eigenvalue weighted by molar-refractivity contribution is 0.200. The highest BCUT2D eigenvalue weighted by Crippen LogP contribution is 2.34. The van der Waals surface area contributed by atoms with E-state index in [4.69, 9.17) is 15.2 Å². The van der Waals surface area contributed by atoms with Crippen LogP contribution in [0.2, 0.25) is 0 Å². The van der Waals surface area contributed by atoms with Crippen LogP contribution < -0.4 is 15.2 Å². The number of rotatable bonds is 4. The maximum absolute atomic E-state index is 6.13. The molecule has 3 nitrogen and oxygen atoms in total. The highest BCUT2D eigenvalue weighted by Gasteiger charge is 2.21. The Morgan fingerprint density at radius 1 is 1.17 bits per heavy atom. The molecule has 0 atom stereocenters. The third-order valence-electron chi connectivity index (χ3n) is 3.50. The zero-order chi connectivity index (χ0) is 13.2. The Hall–Kier alpha value is -1.22. The van der Waals surface area contributed by atoms with Crippen LogP contribution in [0.4, 0.5) is 0 Å². The molecular weight excluding hydrogens is 226 g/mol. The SMILES string of the molecule is COc1ccc(C(C)(C)N)cc1OC1CCCC1. The summed E-state index contributed by atoms with van der Waals surface area (Å²) in [4.78, 5) is 0. The standard InChI is InChI=1S/C15H23NO2/c1-15(2,16)11-8-9-13(17-3)14(10-11)18-12-6-4-5-7-12/h8-10,12H,4-7,16H2,1-3H3. The topological polar surface area (TPSA) is 44.5 Å². The van der Waals surface area contributed by atoms with Crippen molar-refractivity contribution in [3.63, 3.8) is 0 Å². The third kappa shape index (κ3) is 2.96. The highest BCUT2D eigenvalue weighted by molar-refractivity contribution is 5.44. The zero-order valence-corrected chi connectivity index (χ0v) is 11.5. The smallest absolute Gasteiger partial charge is 0.161 e. The second-order valence-corrected chi connectivity index (χ2v) is 5.61. The van der Waals surface area contributed by atoms with Gasteiger partial charge < -0.3 is 15.2 Å². The fourth-order valence-electron chi connectivity index (χ4n) is 2.36. The number of methoxy groups -OCH3 is 1. The monoisotopic (exact) mass is 249 g/mol. The maximum atomic E-state index is 6.13. The molecule has 0 heterocycles. The van der Waals surface area contributed by atoms with Gasteiger partial charge in [-0.1, -0.05) is 6.07 Å². The molecule has 18 heavy (non-hydrogen) atoms. The molecule has 3 heteroatoms. The Kier molecular flexibility index (Phi) is 3.81. The average Bonchev–Trinajstić information content (AvgIpc) is 2.80. The van der Waals surface area contributed by atoms with E-state index in [1.807, 2.05) is 32.0 Å². The summed E-state index contributed by atoms with van der Waals surface area (Å²) in [5.41, 5.74) is 6.83. The van der Waals surface area contributed by atoms with Gasteiger partial charge >= 0.3 is 0 Å². The highest BCUT2D eigenvalue weighted by atomic mass is 16.5. The second-order valence-electron chi connectivity index (χ2n) is 5.61. The van der Waals surface area contributed by atoms with E-state index in [1.165, 1.54) is 12.8 Å². The van der Waals surface area contributed by atoms with Crippen molar-refractivity contribution in [3.8, 4) is 11.5 Å². The normalized spacial score (nSPS) is 16.9. The number of hydrogen-bond donors (Lipinski definition) is 1. The molecule has 0 aliphatic heterocycles. The van der Waals surface area contributed by atoms with Gasteiger partial charge in [0, 0.05) is 5.54 Å². The van der Waals surface area contributed by atoms with Crippen molar-refractivity contribution in [1.29, 1.82) is 0 Å². The molecule has 0 aromatic heterocycles. The predicted molar refractivity (Wildman–Crippen MR) is 73.1 cm³/mol. The first-order chi connectivity index (χ1) is 8.50. The Morgan fingerprint density at radius 3 is 2.39 bits per heavy atom. The van der Waals surface area contributed by atoms with E-state index in [1.54, 1.807) is 7.11 Å². The van der Waals surface area contributed by atoms with Gasteiger partial charge in [-0.05, 0) is 57.2 Å². The lowest BCUT2D eigenvalue weighted by atomic mass is 9.95. The summed E-state index contributed by atoms with van der Waals surface area (Å²) >= 11 is 0. The lowest BCUT2D eigenvalue weighted by Crippen LogP contribution is -2.28. The minimum Gasteiger partial charge on any atom is -0.493 e. The predicted octanol–water partition coefficient (Wildman–Crippen LogP) is 3.21. The minimum atomic E-state index is -0.361. The van der Waals surface area contributed by atoms with Gasteiger partial charge in [-0.3, -0.25) is 0 Å². The Bertz CT molecular complexity index is 403. The summed E-state index contributed by atoms with van der Waals surface area (Å²) in [7, 11) is 1.67. The molecule has 1 aromatic rings. The first kappa shape index (κ1) is 13.2. The van der Waals surface area contributed by atoms with E-state index in [0.717, 1.165) is 29.9 Å². The van der Waals surface area contributed by atoms with Gasteiger partial charge in [0.1, 0.15) is 0 Å². The van der Waals surface area contributed by atoms with Crippen molar-refractivity contribution in [1.82, 2.24) is 0 Å². The van der Waals surface area contributed by atoms with Crippen LogP contribution in [0.15, 0.2) is 18.2 Å². The second kappa shape index (κ2) is 5.19. The van der Waals surface area contributed by atoms with Crippen LogP contribution in [-0.2, 0) is 5.54 Å². The van der Waals surface area contributed by atoms with Crippen LogP contribution in [0, 0.1) is 0 Å². The molecular formula is C15H23NO2. The molecule has 100 valence electrons. The first-order valence-electron chi connectivity index (χ1n) is 6.65. The van der Waals surface area contributed by atoms with Crippen molar-refractivity contribution >= 4 is 0 Å². The maximum Gasteiger partial charge on any atom is 0.161 e. The quantitative estimate of drug-likeness (QED) is 0.891. The number of ether oxygens (including phenoxy) is 2. The molecule has 2 rings (SSSR count). The Balaban J connectivity index is 2.24. The van der Waals surface area contributed by atoms with Crippen molar-refractivity contribution in [2.45, 2.75) is 51.2 Å². The molecule has 1 aromatic carbocycles. The lowest BCUT2D eigenvalue weighted by Gasteiger charge is -2.22. The molecule has 0 spiro atoms. The molecule has 1 saturated carbocycles. The number of benzene rings is 1. The molecule has 0 amide bonds. The van der Waals surface area contributed by atoms with Crippen molar-refractivity contribution < 1.29 is 9.47 Å². The molecule has 1 fully saturated rings. The Morgan fingerprint density at radius 2 is 1.83 bits per heavy atom. The zero-order valence-electron chi connectivity index (χ0n) is 11.5. The number of hydrogen-bond acceptors (Lipinski definition) is 3. The molecule has 0 unspecified atom stereocenters. The largest absolute Gasteiger partial charge is 0.493 e. The van der Waals surface area contributed by atoms with Gasteiger partial charge in [-0.25, -0.2) is 0 Å². The van der Waals surface area contributed by atoms with Gasteiger partial charge in [-0.15, -0.1) is 0 Å². The van der Waals surface area contributed by atoms with Crippen LogP contribution in [0.3, 0.4) is 0 Å². The van der Waals surface area contributed by atoms with Crippen LogP contribution >= 0.6 is 0 Å². The van der Waals surface area contributed by atoms with Crippen molar-refractivity contribution in [2.75, 3.05) is 7.11 Å². The van der Waals surface area contributed by atoms with Crippen molar-refractivity contribution in [2.24, 2.45) is 5.73 Å². The van der Waals surface area contributed by atoms with E-state index in [9.17, 15) is 0 Å². The molecule has 0 saturated heterocycles. The summed E-state index contributed by atoms with van der Waals surface area (Å²) in [6, 6.07) is 5.95. The summed E-state index contributed by atoms with van der Waals surface area (Å²) in [5, 5.41) is 0. The summed E-state index contributed by atoms with van der Waals surface area (Å²) < 4.78 is 11.4. The van der Waals surface area contributed by atoms with Gasteiger partial charge in [0.2, 0.25) is 0 Å². The van der Waals surface area contributed by atoms with Crippen molar-refractivity contribution in [3.05, 3.63) is 23.8 Å². The number of nitrogens with two attached hydrogens (primary N) is 1. The van der Waals surface area contributed by atoms with E-state index in [0.29, 0.717) is 6.10 Å². The summed E-state index contributed by atoms with van der Waals surface area (Å²) in [6.07, 6.45) is 5.12. The third-order valence-corrected chi connectivity index (χ3v) is 3.50. The van der Waals surface area contributed by atoms with E-state index < -0.39 is 0 Å². The molecule has 2 N–H and O–H groups in total. The average molecular weight is 249 g/mol. The fourth-order valence-corrected chi connectivity index (χ4v) is 2.36. The van der Waals surface area contributed by atoms with Crippen LogP contribution in [0.1, 0.15) is 45.1 Å². The summed E-state index contributed by atoms with van der Waals surface area (Å²) in [5.74, 6) is 1.61. The van der Waals surface area contributed by atoms with E-state index in [-0.39, 0.29) is 5.54 Å². The van der Waals surface area contributed by atoms with E-state index in [2.05, 4.69) is 0 Å². The van der Waals surface area contributed by atoms with Crippen LogP contribution in [-0.4, -0.2) is 13.2 Å². The first-order valence-corrected chi connectivity index (χ1v) is 6.65. The van der Waals surface area contributed by atoms with Crippen LogP contribution in [0.25, 0.3) is 0 Å². The van der Waals surface area contributed by atoms with Gasteiger partial charge in [0.05, 0.1) is 13.2 Å². The molecule has 0 bridgehead atoms. The Labute approximate surface area is 109 Å². The minimum absolute atomic E-state index is 0.329. The molecule has 0 radical (unpaired) electrons. The summed E-state index contributed by atoms with van der Waals surface area (Å²) in [6.45, 7) is 3.99.